The van der Waals surface area contributed by atoms with E-state index >= 15 is 0 Å². The first-order chi connectivity index (χ1) is 12.0. The molecule has 1 heterocycles. The van der Waals surface area contributed by atoms with Crippen LogP contribution in [0.4, 0.5) is 10.5 Å². The van der Waals surface area contributed by atoms with Crippen molar-refractivity contribution in [1.29, 1.82) is 0 Å². The number of rotatable bonds is 4. The third-order valence-corrected chi connectivity index (χ3v) is 4.80. The molecule has 1 saturated carbocycles. The first kappa shape index (κ1) is 17.5. The van der Waals surface area contributed by atoms with Crippen LogP contribution in [0, 0.1) is 19.8 Å². The second-order valence-electron chi connectivity index (χ2n) is 6.89. The lowest BCUT2D eigenvalue weighted by Gasteiger charge is -2.28. The van der Waals surface area contributed by atoms with E-state index < -0.39 is 0 Å². The maximum absolute atomic E-state index is 12.3. The topological polar surface area (TPSA) is 79.2 Å². The maximum Gasteiger partial charge on any atom is 0.319 e. The highest BCUT2D eigenvalue weighted by molar-refractivity contribution is 5.89. The molecule has 6 nitrogen and oxygen atoms in total. The fourth-order valence-electron chi connectivity index (χ4n) is 3.45. The maximum atomic E-state index is 12.3. The van der Waals surface area contributed by atoms with Crippen LogP contribution in [-0.2, 0) is 0 Å². The van der Waals surface area contributed by atoms with Gasteiger partial charge in [-0.25, -0.2) is 9.48 Å². The van der Waals surface area contributed by atoms with E-state index in [2.05, 4.69) is 15.7 Å². The summed E-state index contributed by atoms with van der Waals surface area (Å²) in [7, 11) is 0. The molecular formula is C19H26N4O2. The van der Waals surface area contributed by atoms with E-state index in [1.807, 2.05) is 48.9 Å². The molecule has 1 fully saturated rings. The Morgan fingerprint density at radius 1 is 1.24 bits per heavy atom. The number of nitrogens with zero attached hydrogens (tertiary/aromatic N) is 2. The zero-order valence-electron chi connectivity index (χ0n) is 14.8. The molecule has 0 unspecified atom stereocenters. The summed E-state index contributed by atoms with van der Waals surface area (Å²) in [6.45, 7) is 4.22. The van der Waals surface area contributed by atoms with Crippen molar-refractivity contribution in [3.63, 3.8) is 0 Å². The van der Waals surface area contributed by atoms with Gasteiger partial charge in [-0.1, -0.05) is 6.07 Å². The van der Waals surface area contributed by atoms with Gasteiger partial charge in [0.25, 0.3) is 0 Å². The number of carbonyl (C=O) groups excluding carboxylic acids is 1. The number of hydrogen-bond acceptors (Lipinski definition) is 3. The second-order valence-corrected chi connectivity index (χ2v) is 6.89. The fraction of sp³-hybridized carbons (Fsp3) is 0.474. The van der Waals surface area contributed by atoms with Crippen molar-refractivity contribution in [3.05, 3.63) is 41.7 Å². The average molecular weight is 342 g/mol. The molecule has 0 spiro atoms. The molecule has 0 saturated heterocycles. The van der Waals surface area contributed by atoms with Gasteiger partial charge in [-0.3, -0.25) is 0 Å². The lowest BCUT2D eigenvalue weighted by atomic mass is 9.87. The molecule has 2 aromatic rings. The summed E-state index contributed by atoms with van der Waals surface area (Å²) in [6.07, 6.45) is 3.78. The van der Waals surface area contributed by atoms with Crippen LogP contribution in [0.15, 0.2) is 30.3 Å². The van der Waals surface area contributed by atoms with E-state index in [1.165, 1.54) is 0 Å². The standard InChI is InChI=1S/C19H26N4O2/c1-13-10-14(2)23(22-13)18-5-3-4-17(11-18)21-19(25)20-16-8-6-15(12-24)7-9-16/h3-5,10-11,15-16,24H,6-9,12H2,1-2H3,(H2,20,21,25). The number of aliphatic hydroxyl groups excluding tert-OH is 1. The normalized spacial score (nSPS) is 20.3. The first-order valence-corrected chi connectivity index (χ1v) is 8.87. The molecule has 1 aliphatic rings. The number of anilines is 1. The monoisotopic (exact) mass is 342 g/mol. The molecular weight excluding hydrogens is 316 g/mol. The van der Waals surface area contributed by atoms with Gasteiger partial charge in [0.15, 0.2) is 0 Å². The van der Waals surface area contributed by atoms with E-state index in [9.17, 15) is 9.90 Å². The second kappa shape index (κ2) is 7.70. The van der Waals surface area contributed by atoms with Gasteiger partial charge in [-0.05, 0) is 69.7 Å². The van der Waals surface area contributed by atoms with Crippen LogP contribution in [0.2, 0.25) is 0 Å². The lowest BCUT2D eigenvalue weighted by molar-refractivity contribution is 0.176. The van der Waals surface area contributed by atoms with Gasteiger partial charge < -0.3 is 15.7 Å². The van der Waals surface area contributed by atoms with Crippen LogP contribution < -0.4 is 10.6 Å². The van der Waals surface area contributed by atoms with Crippen LogP contribution in [0.5, 0.6) is 0 Å². The van der Waals surface area contributed by atoms with Crippen molar-refractivity contribution >= 4 is 11.7 Å². The summed E-state index contributed by atoms with van der Waals surface area (Å²) in [6, 6.07) is 9.70. The molecule has 1 aliphatic carbocycles. The third kappa shape index (κ3) is 4.39. The molecule has 0 radical (unpaired) electrons. The predicted octanol–water partition coefficient (Wildman–Crippen LogP) is 3.16. The Bertz CT molecular complexity index is 733. The number of carbonyl (C=O) groups is 1. The average Bonchev–Trinajstić information content (AvgIpc) is 2.94. The van der Waals surface area contributed by atoms with Gasteiger partial charge in [0.05, 0.1) is 11.4 Å². The number of benzene rings is 1. The summed E-state index contributed by atoms with van der Waals surface area (Å²) in [4.78, 5) is 12.3. The minimum Gasteiger partial charge on any atom is -0.396 e. The Balaban J connectivity index is 1.60. The molecule has 25 heavy (non-hydrogen) atoms. The van der Waals surface area contributed by atoms with Crippen LogP contribution in [0.3, 0.4) is 0 Å². The lowest BCUT2D eigenvalue weighted by Crippen LogP contribution is -2.40. The quantitative estimate of drug-likeness (QED) is 0.798. The number of aliphatic hydroxyl groups is 1. The van der Waals surface area contributed by atoms with Crippen LogP contribution >= 0.6 is 0 Å². The Morgan fingerprint density at radius 3 is 2.64 bits per heavy atom. The Morgan fingerprint density at radius 2 is 2.00 bits per heavy atom. The molecule has 3 N–H and O–H groups in total. The van der Waals surface area contributed by atoms with Gasteiger partial charge in [0, 0.05) is 24.0 Å². The van der Waals surface area contributed by atoms with Crippen molar-refractivity contribution in [2.24, 2.45) is 5.92 Å². The molecule has 3 rings (SSSR count). The summed E-state index contributed by atoms with van der Waals surface area (Å²) < 4.78 is 1.87. The van der Waals surface area contributed by atoms with Gasteiger partial charge >= 0.3 is 6.03 Å². The highest BCUT2D eigenvalue weighted by atomic mass is 16.3. The fourth-order valence-corrected chi connectivity index (χ4v) is 3.45. The molecule has 134 valence electrons. The van der Waals surface area contributed by atoms with Gasteiger partial charge in [-0.15, -0.1) is 0 Å². The molecule has 0 bridgehead atoms. The number of amides is 2. The van der Waals surface area contributed by atoms with Crippen molar-refractivity contribution in [3.8, 4) is 5.69 Å². The van der Waals surface area contributed by atoms with E-state index in [0.29, 0.717) is 5.92 Å². The van der Waals surface area contributed by atoms with Gasteiger partial charge in [0.1, 0.15) is 0 Å². The Labute approximate surface area is 148 Å². The van der Waals surface area contributed by atoms with E-state index in [4.69, 9.17) is 0 Å². The zero-order chi connectivity index (χ0) is 17.8. The largest absolute Gasteiger partial charge is 0.396 e. The number of urea groups is 1. The Hall–Kier alpha value is -2.34. The zero-order valence-corrected chi connectivity index (χ0v) is 14.8. The predicted molar refractivity (Wildman–Crippen MR) is 98.0 cm³/mol. The highest BCUT2D eigenvalue weighted by Gasteiger charge is 2.21. The summed E-state index contributed by atoms with van der Waals surface area (Å²) in [5.41, 5.74) is 3.69. The molecule has 1 aromatic heterocycles. The van der Waals surface area contributed by atoms with Crippen molar-refractivity contribution in [2.45, 2.75) is 45.6 Å². The number of aryl methyl sites for hydroxylation is 2. The first-order valence-electron chi connectivity index (χ1n) is 8.87. The van der Waals surface area contributed by atoms with E-state index in [1.54, 1.807) is 0 Å². The minimum atomic E-state index is -0.182. The van der Waals surface area contributed by atoms with Gasteiger partial charge in [-0.2, -0.15) is 5.10 Å². The van der Waals surface area contributed by atoms with Crippen LogP contribution in [0.25, 0.3) is 5.69 Å². The van der Waals surface area contributed by atoms with E-state index in [0.717, 1.165) is 48.4 Å². The molecule has 1 aromatic carbocycles. The smallest absolute Gasteiger partial charge is 0.319 e. The summed E-state index contributed by atoms with van der Waals surface area (Å²) in [5, 5.41) is 19.6. The van der Waals surface area contributed by atoms with Crippen LogP contribution in [0.1, 0.15) is 37.1 Å². The molecule has 6 heteroatoms. The minimum absolute atomic E-state index is 0.182. The van der Waals surface area contributed by atoms with Crippen molar-refractivity contribution < 1.29 is 9.90 Å². The molecule has 0 aliphatic heterocycles. The highest BCUT2D eigenvalue weighted by Crippen LogP contribution is 2.24. The summed E-state index contributed by atoms with van der Waals surface area (Å²) >= 11 is 0. The van der Waals surface area contributed by atoms with Gasteiger partial charge in [0.2, 0.25) is 0 Å². The SMILES string of the molecule is Cc1cc(C)n(-c2cccc(NC(=O)NC3CCC(CO)CC3)c2)n1. The summed E-state index contributed by atoms with van der Waals surface area (Å²) in [5.74, 6) is 0.388. The molecule has 2 amide bonds. The van der Waals surface area contributed by atoms with Crippen LogP contribution in [-0.4, -0.2) is 33.6 Å². The number of aromatic nitrogens is 2. The van der Waals surface area contributed by atoms with E-state index in [-0.39, 0.29) is 18.7 Å². The van der Waals surface area contributed by atoms with Crippen molar-refractivity contribution in [2.75, 3.05) is 11.9 Å². The third-order valence-electron chi connectivity index (χ3n) is 4.80. The van der Waals surface area contributed by atoms with Crippen molar-refractivity contribution in [1.82, 2.24) is 15.1 Å². The molecule has 0 atom stereocenters. The number of hydrogen-bond donors (Lipinski definition) is 3. The number of nitrogens with one attached hydrogen (secondary N) is 2. The Kier molecular flexibility index (Phi) is 5.38.